The predicted octanol–water partition coefficient (Wildman–Crippen LogP) is 2.60. The van der Waals surface area contributed by atoms with Gasteiger partial charge in [-0.2, -0.15) is 0 Å². The molecule has 0 spiro atoms. The van der Waals surface area contributed by atoms with Crippen molar-refractivity contribution in [1.29, 1.82) is 0 Å². The third-order valence-corrected chi connectivity index (χ3v) is 5.43. The topological polar surface area (TPSA) is 91.4 Å². The molecule has 1 saturated carbocycles. The smallest absolute Gasteiger partial charge is 0.191 e. The van der Waals surface area contributed by atoms with Crippen molar-refractivity contribution < 1.29 is 15.3 Å². The van der Waals surface area contributed by atoms with Crippen LogP contribution in [0, 0.1) is 0 Å². The number of hydrogen-bond acceptors (Lipinski definition) is 6. The minimum atomic E-state index is -0.761. The van der Waals surface area contributed by atoms with Gasteiger partial charge in [0, 0.05) is 17.4 Å². The maximum atomic E-state index is 9.62. The number of phenolic OH excluding ortho intramolecular Hbond substituents is 1. The molecule has 2 aromatic rings. The zero-order chi connectivity index (χ0) is 16.9. The lowest BCUT2D eigenvalue weighted by atomic mass is 9.95. The van der Waals surface area contributed by atoms with E-state index >= 15 is 0 Å². The fourth-order valence-corrected chi connectivity index (χ4v) is 3.99. The lowest BCUT2D eigenvalue weighted by molar-refractivity contribution is 0.113. The molecule has 6 nitrogen and oxygen atoms in total. The first kappa shape index (κ1) is 17.3. The van der Waals surface area contributed by atoms with Crippen LogP contribution in [0.1, 0.15) is 38.1 Å². The Morgan fingerprint density at radius 3 is 2.50 bits per heavy atom. The number of aliphatic hydroxyl groups is 2. The van der Waals surface area contributed by atoms with Gasteiger partial charge >= 0.3 is 0 Å². The third-order valence-electron chi connectivity index (χ3n) is 4.35. The van der Waals surface area contributed by atoms with Gasteiger partial charge in [-0.15, -0.1) is 10.2 Å². The average molecular weight is 349 g/mol. The summed E-state index contributed by atoms with van der Waals surface area (Å²) in [5, 5.41) is 37.6. The summed E-state index contributed by atoms with van der Waals surface area (Å²) in [6.07, 6.45) is 5.09. The number of benzene rings is 1. The fourth-order valence-electron chi connectivity index (χ4n) is 3.07. The standard InChI is InChI=1S/C17H23N3O3S/c21-10-15(23)11-24-17-19-18-16(12-6-8-14(22)9-7-12)20(17)13-4-2-1-3-5-13/h6-9,13,15,21-23H,1-5,10-11H2. The second kappa shape index (κ2) is 8.00. The highest BCUT2D eigenvalue weighted by molar-refractivity contribution is 7.99. The van der Waals surface area contributed by atoms with Crippen molar-refractivity contribution in [2.75, 3.05) is 12.4 Å². The number of aliphatic hydroxyl groups excluding tert-OH is 2. The molecule has 130 valence electrons. The molecule has 3 rings (SSSR count). The Kier molecular flexibility index (Phi) is 5.76. The maximum absolute atomic E-state index is 9.62. The van der Waals surface area contributed by atoms with E-state index in [1.165, 1.54) is 31.0 Å². The Balaban J connectivity index is 1.92. The van der Waals surface area contributed by atoms with Crippen molar-refractivity contribution in [2.45, 2.75) is 49.4 Å². The van der Waals surface area contributed by atoms with Crippen LogP contribution < -0.4 is 0 Å². The minimum Gasteiger partial charge on any atom is -0.508 e. The molecule has 24 heavy (non-hydrogen) atoms. The molecule has 3 N–H and O–H groups in total. The van der Waals surface area contributed by atoms with Gasteiger partial charge in [0.25, 0.3) is 0 Å². The SMILES string of the molecule is OCC(O)CSc1nnc(-c2ccc(O)cc2)n1C1CCCCC1. The lowest BCUT2D eigenvalue weighted by Gasteiger charge is -2.25. The summed E-state index contributed by atoms with van der Waals surface area (Å²) in [6.45, 7) is -0.255. The van der Waals surface area contributed by atoms with E-state index in [9.17, 15) is 10.2 Å². The quantitative estimate of drug-likeness (QED) is 0.695. The van der Waals surface area contributed by atoms with E-state index in [0.717, 1.165) is 29.4 Å². The van der Waals surface area contributed by atoms with Crippen molar-refractivity contribution in [3.63, 3.8) is 0 Å². The van der Waals surface area contributed by atoms with E-state index in [1.54, 1.807) is 12.1 Å². The van der Waals surface area contributed by atoms with Gasteiger partial charge in [-0.3, -0.25) is 4.57 Å². The van der Waals surface area contributed by atoms with E-state index in [0.29, 0.717) is 11.8 Å². The van der Waals surface area contributed by atoms with Crippen molar-refractivity contribution in [1.82, 2.24) is 14.8 Å². The van der Waals surface area contributed by atoms with Crippen LogP contribution in [0.3, 0.4) is 0 Å². The molecule has 1 aromatic carbocycles. The highest BCUT2D eigenvalue weighted by Gasteiger charge is 2.24. The largest absolute Gasteiger partial charge is 0.508 e. The second-order valence-electron chi connectivity index (χ2n) is 6.16. The molecule has 1 aromatic heterocycles. The zero-order valence-electron chi connectivity index (χ0n) is 13.5. The Morgan fingerprint density at radius 1 is 1.12 bits per heavy atom. The van der Waals surface area contributed by atoms with Gasteiger partial charge in [0.1, 0.15) is 5.75 Å². The number of nitrogens with zero attached hydrogens (tertiary/aromatic N) is 3. The van der Waals surface area contributed by atoms with Crippen LogP contribution in [0.4, 0.5) is 0 Å². The van der Waals surface area contributed by atoms with Crippen molar-refractivity contribution in [2.24, 2.45) is 0 Å². The van der Waals surface area contributed by atoms with Crippen molar-refractivity contribution >= 4 is 11.8 Å². The van der Waals surface area contributed by atoms with E-state index < -0.39 is 6.10 Å². The summed E-state index contributed by atoms with van der Waals surface area (Å²) in [7, 11) is 0. The first-order chi connectivity index (χ1) is 11.7. The summed E-state index contributed by atoms with van der Waals surface area (Å²) in [5.74, 6) is 1.41. The normalized spacial score (nSPS) is 17.1. The number of phenols is 1. The first-order valence-electron chi connectivity index (χ1n) is 8.35. The van der Waals surface area contributed by atoms with Gasteiger partial charge in [-0.1, -0.05) is 31.0 Å². The van der Waals surface area contributed by atoms with Crippen molar-refractivity contribution in [3.8, 4) is 17.1 Å². The number of thioether (sulfide) groups is 1. The van der Waals surface area contributed by atoms with Gasteiger partial charge in [0.05, 0.1) is 12.7 Å². The molecule has 1 fully saturated rings. The Morgan fingerprint density at radius 2 is 1.83 bits per heavy atom. The van der Waals surface area contributed by atoms with Crippen LogP contribution >= 0.6 is 11.8 Å². The van der Waals surface area contributed by atoms with Gasteiger partial charge in [-0.05, 0) is 37.1 Å². The van der Waals surface area contributed by atoms with Crippen LogP contribution in [-0.4, -0.2) is 48.5 Å². The van der Waals surface area contributed by atoms with Crippen LogP contribution in [0.15, 0.2) is 29.4 Å². The monoisotopic (exact) mass is 349 g/mol. The summed E-state index contributed by atoms with van der Waals surface area (Å²) < 4.78 is 2.17. The lowest BCUT2D eigenvalue weighted by Crippen LogP contribution is -2.17. The van der Waals surface area contributed by atoms with E-state index in [1.807, 2.05) is 12.1 Å². The average Bonchev–Trinajstić information content (AvgIpc) is 3.05. The summed E-state index contributed by atoms with van der Waals surface area (Å²) in [6, 6.07) is 7.34. The molecule has 0 amide bonds. The molecule has 7 heteroatoms. The Hall–Kier alpha value is -1.57. The van der Waals surface area contributed by atoms with E-state index in [-0.39, 0.29) is 12.4 Å². The number of rotatable bonds is 6. The van der Waals surface area contributed by atoms with Gasteiger partial charge in [-0.25, -0.2) is 0 Å². The number of hydrogen-bond donors (Lipinski definition) is 3. The van der Waals surface area contributed by atoms with Gasteiger partial charge < -0.3 is 15.3 Å². The van der Waals surface area contributed by atoms with Crippen LogP contribution in [0.5, 0.6) is 5.75 Å². The fraction of sp³-hybridized carbons (Fsp3) is 0.529. The molecular formula is C17H23N3O3S. The molecule has 1 aliphatic carbocycles. The van der Waals surface area contributed by atoms with Crippen LogP contribution in [0.2, 0.25) is 0 Å². The molecule has 1 aliphatic rings. The number of aromatic nitrogens is 3. The molecular weight excluding hydrogens is 326 g/mol. The van der Waals surface area contributed by atoms with E-state index in [2.05, 4.69) is 14.8 Å². The summed E-state index contributed by atoms with van der Waals surface area (Å²) >= 11 is 1.42. The highest BCUT2D eigenvalue weighted by Crippen LogP contribution is 2.35. The molecule has 1 heterocycles. The first-order valence-corrected chi connectivity index (χ1v) is 9.33. The third kappa shape index (κ3) is 3.91. The predicted molar refractivity (Wildman–Crippen MR) is 93.1 cm³/mol. The van der Waals surface area contributed by atoms with Gasteiger partial charge in [0.15, 0.2) is 11.0 Å². The molecule has 1 unspecified atom stereocenters. The molecule has 0 bridgehead atoms. The molecule has 1 atom stereocenters. The van der Waals surface area contributed by atoms with Crippen LogP contribution in [-0.2, 0) is 0 Å². The molecule has 0 aliphatic heterocycles. The molecule has 0 saturated heterocycles. The summed E-state index contributed by atoms with van der Waals surface area (Å²) in [4.78, 5) is 0. The Bertz CT molecular complexity index is 654. The van der Waals surface area contributed by atoms with Crippen LogP contribution in [0.25, 0.3) is 11.4 Å². The highest BCUT2D eigenvalue weighted by atomic mass is 32.2. The zero-order valence-corrected chi connectivity index (χ0v) is 14.3. The maximum Gasteiger partial charge on any atom is 0.191 e. The van der Waals surface area contributed by atoms with Gasteiger partial charge in [0.2, 0.25) is 0 Å². The Labute approximate surface area is 145 Å². The minimum absolute atomic E-state index is 0.225. The second-order valence-corrected chi connectivity index (χ2v) is 7.15. The van der Waals surface area contributed by atoms with E-state index in [4.69, 9.17) is 5.11 Å². The summed E-state index contributed by atoms with van der Waals surface area (Å²) in [5.41, 5.74) is 0.917. The molecule has 0 radical (unpaired) electrons. The number of aromatic hydroxyl groups is 1. The van der Waals surface area contributed by atoms with Crippen molar-refractivity contribution in [3.05, 3.63) is 24.3 Å².